The summed E-state index contributed by atoms with van der Waals surface area (Å²) in [5.74, 6) is 1.46. The molecule has 0 aliphatic rings. The maximum absolute atomic E-state index is 11.8. The second kappa shape index (κ2) is 5.97. The number of carbonyl (C=O) groups is 1. The van der Waals surface area contributed by atoms with Gasteiger partial charge in [0.15, 0.2) is 5.78 Å². The van der Waals surface area contributed by atoms with Crippen LogP contribution >= 0.6 is 11.6 Å². The third kappa shape index (κ3) is 2.94. The first kappa shape index (κ1) is 14.4. The molecule has 0 bridgehead atoms. The maximum atomic E-state index is 11.8. The molecule has 0 saturated heterocycles. The highest BCUT2D eigenvalue weighted by atomic mass is 35.5. The molecule has 0 spiro atoms. The van der Waals surface area contributed by atoms with Crippen LogP contribution in [0.1, 0.15) is 22.8 Å². The van der Waals surface area contributed by atoms with Crippen LogP contribution in [-0.2, 0) is 0 Å². The van der Waals surface area contributed by atoms with E-state index in [1.165, 1.54) is 14.0 Å². The Morgan fingerprint density at radius 2 is 1.80 bits per heavy atom. The molecular weight excluding hydrogens is 276 g/mol. The van der Waals surface area contributed by atoms with Crippen LogP contribution in [0.25, 0.3) is 0 Å². The molecule has 0 atom stereocenters. The van der Waals surface area contributed by atoms with E-state index in [-0.39, 0.29) is 5.78 Å². The fourth-order valence-electron chi connectivity index (χ4n) is 1.92. The number of carbonyl (C=O) groups excluding carboxylic acids is 1. The first-order valence-electron chi connectivity index (χ1n) is 6.15. The molecular formula is C16H15ClO3. The summed E-state index contributed by atoms with van der Waals surface area (Å²) in [6, 6.07) is 10.6. The smallest absolute Gasteiger partial charge is 0.167 e. The molecule has 2 aromatic carbocycles. The number of halogens is 1. The standard InChI is InChI=1S/C16H15ClO3/c1-10-7-8-12(17)9-15(10)20-14-6-4-5-13(19-3)16(14)11(2)18/h4-9H,1-3H3. The molecule has 104 valence electrons. The lowest BCUT2D eigenvalue weighted by atomic mass is 10.1. The predicted octanol–water partition coefficient (Wildman–Crippen LogP) is 4.65. The molecule has 0 saturated carbocycles. The molecule has 0 heterocycles. The molecule has 0 aliphatic carbocycles. The van der Waals surface area contributed by atoms with E-state index in [9.17, 15) is 4.79 Å². The molecule has 3 nitrogen and oxygen atoms in total. The van der Waals surface area contributed by atoms with Gasteiger partial charge in [-0.25, -0.2) is 0 Å². The zero-order valence-corrected chi connectivity index (χ0v) is 12.3. The van der Waals surface area contributed by atoms with Gasteiger partial charge in [0, 0.05) is 5.02 Å². The highest BCUT2D eigenvalue weighted by Crippen LogP contribution is 2.34. The van der Waals surface area contributed by atoms with E-state index in [1.54, 1.807) is 30.3 Å². The summed E-state index contributed by atoms with van der Waals surface area (Å²) in [5, 5.41) is 0.581. The lowest BCUT2D eigenvalue weighted by Crippen LogP contribution is -2.01. The van der Waals surface area contributed by atoms with Gasteiger partial charge in [0.2, 0.25) is 0 Å². The molecule has 2 aromatic rings. The number of ether oxygens (including phenoxy) is 2. The molecule has 0 N–H and O–H groups in total. The van der Waals surface area contributed by atoms with E-state index in [4.69, 9.17) is 21.1 Å². The Kier molecular flexibility index (Phi) is 4.30. The predicted molar refractivity (Wildman–Crippen MR) is 79.3 cm³/mol. The molecule has 20 heavy (non-hydrogen) atoms. The summed E-state index contributed by atoms with van der Waals surface area (Å²) in [5.41, 5.74) is 1.36. The molecule has 0 radical (unpaired) electrons. The maximum Gasteiger partial charge on any atom is 0.167 e. The van der Waals surface area contributed by atoms with Crippen molar-refractivity contribution < 1.29 is 14.3 Å². The number of benzene rings is 2. The van der Waals surface area contributed by atoms with Crippen molar-refractivity contribution in [3.05, 3.63) is 52.5 Å². The van der Waals surface area contributed by atoms with Crippen LogP contribution < -0.4 is 9.47 Å². The number of hydrogen-bond donors (Lipinski definition) is 0. The Labute approximate surface area is 123 Å². The average Bonchev–Trinajstić information content (AvgIpc) is 2.42. The van der Waals surface area contributed by atoms with Gasteiger partial charge in [-0.15, -0.1) is 0 Å². The van der Waals surface area contributed by atoms with Gasteiger partial charge in [-0.3, -0.25) is 4.79 Å². The number of hydrogen-bond acceptors (Lipinski definition) is 3. The molecule has 0 aliphatic heterocycles. The normalized spacial score (nSPS) is 10.2. The lowest BCUT2D eigenvalue weighted by Gasteiger charge is -2.14. The lowest BCUT2D eigenvalue weighted by molar-refractivity contribution is 0.101. The molecule has 0 fully saturated rings. The number of ketones is 1. The largest absolute Gasteiger partial charge is 0.496 e. The van der Waals surface area contributed by atoms with Gasteiger partial charge < -0.3 is 9.47 Å². The number of rotatable bonds is 4. The number of aryl methyl sites for hydroxylation is 1. The van der Waals surface area contributed by atoms with Crippen molar-refractivity contribution in [1.82, 2.24) is 0 Å². The Morgan fingerprint density at radius 1 is 1.10 bits per heavy atom. The Balaban J connectivity index is 2.48. The minimum atomic E-state index is -0.114. The van der Waals surface area contributed by atoms with Crippen molar-refractivity contribution in [2.24, 2.45) is 0 Å². The third-order valence-electron chi connectivity index (χ3n) is 2.93. The van der Waals surface area contributed by atoms with Gasteiger partial charge in [-0.05, 0) is 43.7 Å². The fourth-order valence-corrected chi connectivity index (χ4v) is 2.08. The Bertz CT molecular complexity index is 650. The van der Waals surface area contributed by atoms with Crippen molar-refractivity contribution in [3.8, 4) is 17.2 Å². The topological polar surface area (TPSA) is 35.5 Å². The van der Waals surface area contributed by atoms with Crippen LogP contribution in [0.3, 0.4) is 0 Å². The summed E-state index contributed by atoms with van der Waals surface area (Å²) in [6.07, 6.45) is 0. The van der Waals surface area contributed by atoms with Gasteiger partial charge >= 0.3 is 0 Å². The number of methoxy groups -OCH3 is 1. The van der Waals surface area contributed by atoms with Gasteiger partial charge in [0.05, 0.1) is 7.11 Å². The van der Waals surface area contributed by atoms with Crippen LogP contribution in [-0.4, -0.2) is 12.9 Å². The summed E-state index contributed by atoms with van der Waals surface area (Å²) in [4.78, 5) is 11.8. The number of Topliss-reactive ketones (excluding diaryl/α,β-unsaturated/α-hetero) is 1. The van der Waals surface area contributed by atoms with E-state index < -0.39 is 0 Å². The van der Waals surface area contributed by atoms with Gasteiger partial charge in [0.25, 0.3) is 0 Å². The third-order valence-corrected chi connectivity index (χ3v) is 3.17. The first-order chi connectivity index (χ1) is 9.52. The van der Waals surface area contributed by atoms with E-state index in [0.29, 0.717) is 27.8 Å². The highest BCUT2D eigenvalue weighted by Gasteiger charge is 2.16. The van der Waals surface area contributed by atoms with Gasteiger partial charge in [0.1, 0.15) is 22.8 Å². The minimum Gasteiger partial charge on any atom is -0.496 e. The van der Waals surface area contributed by atoms with Crippen LogP contribution in [0.2, 0.25) is 5.02 Å². The second-order valence-electron chi connectivity index (χ2n) is 4.40. The second-order valence-corrected chi connectivity index (χ2v) is 4.84. The fraction of sp³-hybridized carbons (Fsp3) is 0.188. The molecule has 0 unspecified atom stereocenters. The molecule has 0 amide bonds. The van der Waals surface area contributed by atoms with E-state index in [0.717, 1.165) is 5.56 Å². The summed E-state index contributed by atoms with van der Waals surface area (Å²) in [6.45, 7) is 3.40. The highest BCUT2D eigenvalue weighted by molar-refractivity contribution is 6.30. The zero-order chi connectivity index (χ0) is 14.7. The molecule has 2 rings (SSSR count). The monoisotopic (exact) mass is 290 g/mol. The Hall–Kier alpha value is -2.00. The SMILES string of the molecule is COc1cccc(Oc2cc(Cl)ccc2C)c1C(C)=O. The molecule has 4 heteroatoms. The van der Waals surface area contributed by atoms with Crippen molar-refractivity contribution in [3.63, 3.8) is 0 Å². The van der Waals surface area contributed by atoms with E-state index >= 15 is 0 Å². The van der Waals surface area contributed by atoms with Crippen LogP contribution in [0.15, 0.2) is 36.4 Å². The van der Waals surface area contributed by atoms with Crippen LogP contribution in [0.4, 0.5) is 0 Å². The first-order valence-corrected chi connectivity index (χ1v) is 6.52. The van der Waals surface area contributed by atoms with Crippen molar-refractivity contribution in [1.29, 1.82) is 0 Å². The zero-order valence-electron chi connectivity index (χ0n) is 11.6. The van der Waals surface area contributed by atoms with Crippen molar-refractivity contribution in [2.45, 2.75) is 13.8 Å². The van der Waals surface area contributed by atoms with Gasteiger partial charge in [-0.2, -0.15) is 0 Å². The van der Waals surface area contributed by atoms with Crippen molar-refractivity contribution in [2.75, 3.05) is 7.11 Å². The van der Waals surface area contributed by atoms with Crippen LogP contribution in [0, 0.1) is 6.92 Å². The van der Waals surface area contributed by atoms with Crippen molar-refractivity contribution >= 4 is 17.4 Å². The van der Waals surface area contributed by atoms with Crippen LogP contribution in [0.5, 0.6) is 17.2 Å². The Morgan fingerprint density at radius 3 is 2.45 bits per heavy atom. The quantitative estimate of drug-likeness (QED) is 0.769. The summed E-state index contributed by atoms with van der Waals surface area (Å²) >= 11 is 5.97. The summed E-state index contributed by atoms with van der Waals surface area (Å²) < 4.78 is 11.1. The van der Waals surface area contributed by atoms with E-state index in [1.807, 2.05) is 13.0 Å². The van der Waals surface area contributed by atoms with E-state index in [2.05, 4.69) is 0 Å². The summed E-state index contributed by atoms with van der Waals surface area (Å²) in [7, 11) is 1.52. The van der Waals surface area contributed by atoms with Gasteiger partial charge in [-0.1, -0.05) is 23.7 Å². The minimum absolute atomic E-state index is 0.114. The average molecular weight is 291 g/mol. The molecule has 0 aromatic heterocycles.